The van der Waals surface area contributed by atoms with Gasteiger partial charge in [-0.2, -0.15) is 0 Å². The summed E-state index contributed by atoms with van der Waals surface area (Å²) >= 11 is 6.59. The molecule has 0 radical (unpaired) electrons. The molecule has 0 spiro atoms. The Morgan fingerprint density at radius 2 is 1.43 bits per heavy atom. The lowest BCUT2D eigenvalue weighted by atomic mass is 10.2. The SMILES string of the molecule is C=CC[C@H](C)Oc1cc(C)c(F)cc1Br.C=CC[C@H](C)Oc1ccc(F)c(C)c1Br. The molecule has 164 valence electrons. The van der Waals surface area contributed by atoms with Crippen LogP contribution in [0.5, 0.6) is 11.5 Å². The Kier molecular flexibility index (Phi) is 11.3. The second kappa shape index (κ2) is 12.9. The first-order valence-corrected chi connectivity index (χ1v) is 11.1. The molecule has 0 aromatic heterocycles. The first-order valence-electron chi connectivity index (χ1n) is 9.56. The molecule has 2 rings (SSSR count). The smallest absolute Gasteiger partial charge is 0.134 e. The van der Waals surface area contributed by atoms with Crippen LogP contribution in [0.4, 0.5) is 8.78 Å². The molecule has 0 aliphatic rings. The Morgan fingerprint density at radius 3 is 1.97 bits per heavy atom. The fraction of sp³-hybridized carbons (Fsp3) is 0.333. The van der Waals surface area contributed by atoms with Gasteiger partial charge in [-0.1, -0.05) is 12.2 Å². The van der Waals surface area contributed by atoms with Gasteiger partial charge in [0.05, 0.1) is 21.2 Å². The summed E-state index contributed by atoms with van der Waals surface area (Å²) in [6, 6.07) is 6.16. The van der Waals surface area contributed by atoms with Crippen LogP contribution in [0, 0.1) is 25.5 Å². The molecule has 2 atom stereocenters. The summed E-state index contributed by atoms with van der Waals surface area (Å²) in [5, 5.41) is 0. The first kappa shape index (κ1) is 26.4. The second-order valence-corrected chi connectivity index (χ2v) is 8.57. The quantitative estimate of drug-likeness (QED) is 0.309. The number of hydrogen-bond acceptors (Lipinski definition) is 2. The largest absolute Gasteiger partial charge is 0.489 e. The number of benzene rings is 2. The van der Waals surface area contributed by atoms with Crippen molar-refractivity contribution in [3.05, 3.63) is 81.3 Å². The van der Waals surface area contributed by atoms with Crippen molar-refractivity contribution >= 4 is 31.9 Å². The van der Waals surface area contributed by atoms with Crippen LogP contribution in [0.2, 0.25) is 0 Å². The van der Waals surface area contributed by atoms with E-state index in [1.54, 1.807) is 38.1 Å². The highest BCUT2D eigenvalue weighted by Gasteiger charge is 2.11. The fourth-order valence-corrected chi connectivity index (χ4v) is 3.27. The van der Waals surface area contributed by atoms with Crippen LogP contribution in [-0.4, -0.2) is 12.2 Å². The van der Waals surface area contributed by atoms with Crippen molar-refractivity contribution in [2.45, 2.75) is 52.7 Å². The highest BCUT2D eigenvalue weighted by Crippen LogP contribution is 2.31. The minimum Gasteiger partial charge on any atom is -0.489 e. The van der Waals surface area contributed by atoms with Crippen molar-refractivity contribution < 1.29 is 18.3 Å². The number of halogens is 4. The fourth-order valence-electron chi connectivity index (χ4n) is 2.45. The van der Waals surface area contributed by atoms with E-state index in [0.29, 0.717) is 31.6 Å². The van der Waals surface area contributed by atoms with Gasteiger partial charge in [0.2, 0.25) is 0 Å². The van der Waals surface area contributed by atoms with E-state index >= 15 is 0 Å². The van der Waals surface area contributed by atoms with Gasteiger partial charge in [-0.25, -0.2) is 8.78 Å². The predicted octanol–water partition coefficient (Wildman–Crippen LogP) is 8.48. The van der Waals surface area contributed by atoms with Crippen LogP contribution >= 0.6 is 31.9 Å². The summed E-state index contributed by atoms with van der Waals surface area (Å²) in [5.74, 6) is 0.877. The number of ether oxygens (including phenoxy) is 2. The lowest BCUT2D eigenvalue weighted by Crippen LogP contribution is -2.10. The zero-order valence-corrected chi connectivity index (χ0v) is 20.9. The maximum Gasteiger partial charge on any atom is 0.134 e. The highest BCUT2D eigenvalue weighted by atomic mass is 79.9. The summed E-state index contributed by atoms with van der Waals surface area (Å²) in [7, 11) is 0. The van der Waals surface area contributed by atoms with Gasteiger partial charge in [0.15, 0.2) is 0 Å². The molecule has 0 bridgehead atoms. The molecule has 2 aromatic rings. The molecule has 0 fully saturated rings. The van der Waals surface area contributed by atoms with Crippen LogP contribution in [-0.2, 0) is 0 Å². The van der Waals surface area contributed by atoms with Gasteiger partial charge < -0.3 is 9.47 Å². The topological polar surface area (TPSA) is 18.5 Å². The highest BCUT2D eigenvalue weighted by molar-refractivity contribution is 9.11. The minimum atomic E-state index is -0.231. The molecule has 0 amide bonds. The van der Waals surface area contributed by atoms with Gasteiger partial charge in [0.1, 0.15) is 23.1 Å². The predicted molar refractivity (Wildman–Crippen MR) is 127 cm³/mol. The van der Waals surface area contributed by atoms with Crippen LogP contribution in [0.25, 0.3) is 0 Å². The summed E-state index contributed by atoms with van der Waals surface area (Å²) < 4.78 is 38.9. The zero-order valence-electron chi connectivity index (χ0n) is 17.8. The zero-order chi connectivity index (χ0) is 22.8. The van der Waals surface area contributed by atoms with Crippen LogP contribution < -0.4 is 9.47 Å². The summed E-state index contributed by atoms with van der Waals surface area (Å²) in [4.78, 5) is 0. The molecule has 0 unspecified atom stereocenters. The van der Waals surface area contributed by atoms with E-state index in [-0.39, 0.29) is 23.8 Å². The lowest BCUT2D eigenvalue weighted by molar-refractivity contribution is 0.223. The van der Waals surface area contributed by atoms with Crippen molar-refractivity contribution in [3.8, 4) is 11.5 Å². The molecule has 2 aromatic carbocycles. The van der Waals surface area contributed by atoms with Gasteiger partial charge in [-0.3, -0.25) is 0 Å². The van der Waals surface area contributed by atoms with Gasteiger partial charge in [-0.05, 0) is 89.4 Å². The van der Waals surface area contributed by atoms with Crippen LogP contribution in [0.15, 0.2) is 58.5 Å². The van der Waals surface area contributed by atoms with Gasteiger partial charge in [-0.15, -0.1) is 13.2 Å². The van der Waals surface area contributed by atoms with Gasteiger partial charge in [0.25, 0.3) is 0 Å². The Bertz CT molecular complexity index is 853. The Labute approximate surface area is 195 Å². The third-order valence-corrected chi connectivity index (χ3v) is 5.76. The average Bonchev–Trinajstić information content (AvgIpc) is 2.67. The Morgan fingerprint density at radius 1 is 0.900 bits per heavy atom. The van der Waals surface area contributed by atoms with Crippen molar-refractivity contribution in [2.24, 2.45) is 0 Å². The molecule has 0 N–H and O–H groups in total. The van der Waals surface area contributed by atoms with Crippen molar-refractivity contribution in [1.82, 2.24) is 0 Å². The van der Waals surface area contributed by atoms with Gasteiger partial charge in [0, 0.05) is 18.4 Å². The molecule has 0 aliphatic heterocycles. The first-order chi connectivity index (χ1) is 14.1. The minimum absolute atomic E-state index is 0.0451. The molecule has 0 aliphatic carbocycles. The molecule has 0 heterocycles. The van der Waals surface area contributed by atoms with Crippen LogP contribution in [0.3, 0.4) is 0 Å². The van der Waals surface area contributed by atoms with Crippen molar-refractivity contribution in [1.29, 1.82) is 0 Å². The Balaban J connectivity index is 0.000000300. The molecular weight excluding hydrogens is 518 g/mol. The summed E-state index contributed by atoms with van der Waals surface area (Å²) in [6.45, 7) is 14.6. The van der Waals surface area contributed by atoms with Crippen molar-refractivity contribution in [3.63, 3.8) is 0 Å². The molecule has 30 heavy (non-hydrogen) atoms. The lowest BCUT2D eigenvalue weighted by Gasteiger charge is -2.15. The molecule has 0 saturated heterocycles. The molecule has 0 saturated carbocycles. The number of hydrogen-bond donors (Lipinski definition) is 0. The molecule has 6 heteroatoms. The standard InChI is InChI=1S/2C12H14BrFO/c1-4-5-9(3)15-12-6-8(2)11(14)7-10(12)13;1-4-5-8(2)15-11-7-6-10(14)9(3)12(11)13/h4,6-7,9H,1,5H2,2-3H3;4,6-8H,1,5H2,2-3H3/t9-;8-/m00/s1. The summed E-state index contributed by atoms with van der Waals surface area (Å²) in [6.07, 6.45) is 5.22. The Hall–Kier alpha value is -1.66. The van der Waals surface area contributed by atoms with Gasteiger partial charge >= 0.3 is 0 Å². The maximum absolute atomic E-state index is 13.1. The van der Waals surface area contributed by atoms with Crippen molar-refractivity contribution in [2.75, 3.05) is 0 Å². The number of aryl methyl sites for hydroxylation is 1. The number of rotatable bonds is 8. The van der Waals surface area contributed by atoms with E-state index in [4.69, 9.17) is 9.47 Å². The van der Waals surface area contributed by atoms with E-state index in [1.807, 2.05) is 13.8 Å². The van der Waals surface area contributed by atoms with E-state index in [9.17, 15) is 8.78 Å². The molecule has 2 nitrogen and oxygen atoms in total. The average molecular weight is 546 g/mol. The van der Waals surface area contributed by atoms with E-state index in [0.717, 1.165) is 12.8 Å². The van der Waals surface area contributed by atoms with Crippen LogP contribution in [0.1, 0.15) is 37.8 Å². The third-order valence-electron chi connectivity index (χ3n) is 4.15. The monoisotopic (exact) mass is 544 g/mol. The van der Waals surface area contributed by atoms with E-state index in [2.05, 4.69) is 45.0 Å². The molecular formula is C24H28Br2F2O2. The van der Waals surface area contributed by atoms with E-state index < -0.39 is 0 Å². The third kappa shape index (κ3) is 8.23. The second-order valence-electron chi connectivity index (χ2n) is 6.92. The maximum atomic E-state index is 13.1. The normalized spacial score (nSPS) is 12.3. The van der Waals surface area contributed by atoms with E-state index in [1.165, 1.54) is 12.1 Å². The summed E-state index contributed by atoms with van der Waals surface area (Å²) in [5.41, 5.74) is 1.15.